The monoisotopic (exact) mass is 285 g/mol. The van der Waals surface area contributed by atoms with E-state index in [-0.39, 0.29) is 0 Å². The van der Waals surface area contributed by atoms with Crippen LogP contribution in [0.5, 0.6) is 6.01 Å². The van der Waals surface area contributed by atoms with Crippen LogP contribution in [0.3, 0.4) is 0 Å². The SMILES string of the molecule is COc1nsc(Nc2ccc(Br)cc2)n1. The highest BCUT2D eigenvalue weighted by Gasteiger charge is 2.03. The molecule has 1 heterocycles. The second-order valence-corrected chi connectivity index (χ2v) is 4.39. The minimum atomic E-state index is 0.389. The van der Waals surface area contributed by atoms with Crippen molar-refractivity contribution < 1.29 is 4.74 Å². The van der Waals surface area contributed by atoms with E-state index in [4.69, 9.17) is 4.74 Å². The summed E-state index contributed by atoms with van der Waals surface area (Å²) < 4.78 is 9.92. The van der Waals surface area contributed by atoms with Crippen LogP contribution in [0.2, 0.25) is 0 Å². The van der Waals surface area contributed by atoms with Gasteiger partial charge in [-0.2, -0.15) is 4.98 Å². The summed E-state index contributed by atoms with van der Waals surface area (Å²) in [4.78, 5) is 4.11. The van der Waals surface area contributed by atoms with Crippen molar-refractivity contribution in [1.82, 2.24) is 9.36 Å². The molecule has 1 aromatic heterocycles. The molecule has 0 aliphatic carbocycles. The van der Waals surface area contributed by atoms with Crippen LogP contribution in [0, 0.1) is 0 Å². The van der Waals surface area contributed by atoms with Crippen molar-refractivity contribution in [3.05, 3.63) is 28.7 Å². The first-order chi connectivity index (χ1) is 7.28. The van der Waals surface area contributed by atoms with Crippen LogP contribution in [0.25, 0.3) is 0 Å². The number of aromatic nitrogens is 2. The number of ether oxygens (including phenoxy) is 1. The van der Waals surface area contributed by atoms with E-state index < -0.39 is 0 Å². The molecule has 0 saturated carbocycles. The highest BCUT2D eigenvalue weighted by Crippen LogP contribution is 2.22. The van der Waals surface area contributed by atoms with E-state index in [2.05, 4.69) is 30.6 Å². The fourth-order valence-corrected chi connectivity index (χ4v) is 1.83. The van der Waals surface area contributed by atoms with E-state index in [1.165, 1.54) is 11.5 Å². The van der Waals surface area contributed by atoms with E-state index in [0.717, 1.165) is 10.2 Å². The molecular weight excluding hydrogens is 278 g/mol. The fourth-order valence-electron chi connectivity index (χ4n) is 1.00. The molecule has 0 saturated heterocycles. The van der Waals surface area contributed by atoms with E-state index in [9.17, 15) is 0 Å². The number of rotatable bonds is 3. The summed E-state index contributed by atoms with van der Waals surface area (Å²) in [5.41, 5.74) is 0.969. The maximum absolute atomic E-state index is 4.89. The Hall–Kier alpha value is -1.14. The number of nitrogens with one attached hydrogen (secondary N) is 1. The van der Waals surface area contributed by atoms with Gasteiger partial charge in [-0.05, 0) is 24.3 Å². The Balaban J connectivity index is 2.11. The first-order valence-corrected chi connectivity index (χ1v) is 5.75. The van der Waals surface area contributed by atoms with Gasteiger partial charge in [-0.25, -0.2) is 0 Å². The van der Waals surface area contributed by atoms with Gasteiger partial charge in [0.15, 0.2) is 0 Å². The van der Waals surface area contributed by atoms with Gasteiger partial charge in [-0.1, -0.05) is 15.9 Å². The average molecular weight is 286 g/mol. The highest BCUT2D eigenvalue weighted by atomic mass is 79.9. The molecule has 78 valence electrons. The Morgan fingerprint density at radius 2 is 2.07 bits per heavy atom. The van der Waals surface area contributed by atoms with Crippen molar-refractivity contribution in [1.29, 1.82) is 0 Å². The third-order valence-electron chi connectivity index (χ3n) is 1.69. The lowest BCUT2D eigenvalue weighted by Crippen LogP contribution is -1.89. The molecule has 4 nitrogen and oxygen atoms in total. The molecule has 0 unspecified atom stereocenters. The van der Waals surface area contributed by atoms with E-state index in [0.29, 0.717) is 11.1 Å². The van der Waals surface area contributed by atoms with Crippen LogP contribution >= 0.6 is 27.5 Å². The molecule has 0 bridgehead atoms. The quantitative estimate of drug-likeness (QED) is 0.942. The molecule has 2 aromatic rings. The molecule has 0 amide bonds. The molecule has 0 atom stereocenters. The van der Waals surface area contributed by atoms with Gasteiger partial charge in [0.25, 0.3) is 0 Å². The summed E-state index contributed by atoms with van der Waals surface area (Å²) in [7, 11) is 1.55. The predicted octanol–water partition coefficient (Wildman–Crippen LogP) is 3.05. The zero-order valence-corrected chi connectivity index (χ0v) is 10.3. The number of hydrogen-bond donors (Lipinski definition) is 1. The maximum atomic E-state index is 4.89. The maximum Gasteiger partial charge on any atom is 0.329 e. The van der Waals surface area contributed by atoms with Gasteiger partial charge in [0.1, 0.15) is 0 Å². The zero-order chi connectivity index (χ0) is 10.7. The topological polar surface area (TPSA) is 47.0 Å². The largest absolute Gasteiger partial charge is 0.466 e. The summed E-state index contributed by atoms with van der Waals surface area (Å²) in [6.07, 6.45) is 0. The number of nitrogens with zero attached hydrogens (tertiary/aromatic N) is 2. The minimum absolute atomic E-state index is 0.389. The molecule has 0 fully saturated rings. The molecule has 0 aliphatic heterocycles. The zero-order valence-electron chi connectivity index (χ0n) is 7.90. The molecule has 0 radical (unpaired) electrons. The van der Waals surface area contributed by atoms with Gasteiger partial charge in [-0.15, -0.1) is 4.37 Å². The predicted molar refractivity (Wildman–Crippen MR) is 63.9 cm³/mol. The molecule has 1 aromatic carbocycles. The first-order valence-electron chi connectivity index (χ1n) is 4.18. The van der Waals surface area contributed by atoms with Crippen LogP contribution < -0.4 is 10.1 Å². The van der Waals surface area contributed by atoms with Gasteiger partial charge in [0.05, 0.1) is 7.11 Å². The Bertz CT molecular complexity index is 443. The number of benzene rings is 1. The van der Waals surface area contributed by atoms with E-state index in [1.54, 1.807) is 7.11 Å². The third kappa shape index (κ3) is 2.66. The van der Waals surface area contributed by atoms with Crippen molar-refractivity contribution >= 4 is 38.3 Å². The smallest absolute Gasteiger partial charge is 0.329 e. The van der Waals surface area contributed by atoms with Crippen molar-refractivity contribution in [3.8, 4) is 6.01 Å². The number of hydrogen-bond acceptors (Lipinski definition) is 5. The van der Waals surface area contributed by atoms with Crippen LogP contribution in [0.1, 0.15) is 0 Å². The summed E-state index contributed by atoms with van der Waals surface area (Å²) in [6.45, 7) is 0. The molecule has 15 heavy (non-hydrogen) atoms. The minimum Gasteiger partial charge on any atom is -0.466 e. The highest BCUT2D eigenvalue weighted by molar-refractivity contribution is 9.10. The Morgan fingerprint density at radius 1 is 1.33 bits per heavy atom. The van der Waals surface area contributed by atoms with Crippen molar-refractivity contribution in [2.75, 3.05) is 12.4 Å². The van der Waals surface area contributed by atoms with Gasteiger partial charge in [-0.3, -0.25) is 0 Å². The van der Waals surface area contributed by atoms with E-state index in [1.807, 2.05) is 24.3 Å². The molecular formula is C9H8BrN3OS. The van der Waals surface area contributed by atoms with E-state index >= 15 is 0 Å². The molecule has 2 rings (SSSR count). The lowest BCUT2D eigenvalue weighted by molar-refractivity contribution is 0.386. The first kappa shape index (κ1) is 10.4. The summed E-state index contributed by atoms with van der Waals surface area (Å²) in [5.74, 6) is 0. The molecule has 0 aliphatic rings. The average Bonchev–Trinajstić information content (AvgIpc) is 2.69. The standard InChI is InChI=1S/C9H8BrN3OS/c1-14-8-12-9(15-13-8)11-7-4-2-6(10)3-5-7/h2-5H,1H3,(H,11,12,13). The molecule has 6 heteroatoms. The van der Waals surface area contributed by atoms with Gasteiger partial charge in [0, 0.05) is 21.7 Å². The third-order valence-corrected chi connectivity index (χ3v) is 2.83. The van der Waals surface area contributed by atoms with Gasteiger partial charge < -0.3 is 10.1 Å². The second kappa shape index (κ2) is 4.59. The van der Waals surface area contributed by atoms with Crippen LogP contribution in [-0.4, -0.2) is 16.5 Å². The van der Waals surface area contributed by atoms with Gasteiger partial charge in [0.2, 0.25) is 5.13 Å². The van der Waals surface area contributed by atoms with Crippen LogP contribution in [0.4, 0.5) is 10.8 Å². The van der Waals surface area contributed by atoms with Crippen LogP contribution in [0.15, 0.2) is 28.7 Å². The fraction of sp³-hybridized carbons (Fsp3) is 0.111. The number of methoxy groups -OCH3 is 1. The van der Waals surface area contributed by atoms with Gasteiger partial charge >= 0.3 is 6.01 Å². The summed E-state index contributed by atoms with van der Waals surface area (Å²) >= 11 is 4.64. The van der Waals surface area contributed by atoms with Crippen molar-refractivity contribution in [2.24, 2.45) is 0 Å². The number of anilines is 2. The Morgan fingerprint density at radius 3 is 2.67 bits per heavy atom. The summed E-state index contributed by atoms with van der Waals surface area (Å²) in [5, 5.41) is 3.85. The molecule has 0 spiro atoms. The van der Waals surface area contributed by atoms with Crippen LogP contribution in [-0.2, 0) is 0 Å². The lowest BCUT2D eigenvalue weighted by Gasteiger charge is -2.00. The lowest BCUT2D eigenvalue weighted by atomic mass is 10.3. The normalized spacial score (nSPS) is 10.0. The van der Waals surface area contributed by atoms with Crippen molar-refractivity contribution in [2.45, 2.75) is 0 Å². The Kier molecular flexibility index (Phi) is 3.17. The summed E-state index contributed by atoms with van der Waals surface area (Å²) in [6, 6.07) is 8.22. The number of halogens is 1. The second-order valence-electron chi connectivity index (χ2n) is 2.72. The molecule has 1 N–H and O–H groups in total. The Labute approximate surface area is 99.6 Å². The van der Waals surface area contributed by atoms with Crippen molar-refractivity contribution in [3.63, 3.8) is 0 Å².